The van der Waals surface area contributed by atoms with E-state index in [4.69, 9.17) is 10.4 Å². The van der Waals surface area contributed by atoms with Crippen molar-refractivity contribution in [1.29, 1.82) is 0 Å². The number of piperidine rings is 1. The summed E-state index contributed by atoms with van der Waals surface area (Å²) in [4.78, 5) is 37.6. The number of fused-ring (bicyclic) bond motifs is 1. The van der Waals surface area contributed by atoms with Crippen LogP contribution in [0.5, 0.6) is 5.75 Å². The van der Waals surface area contributed by atoms with Gasteiger partial charge < -0.3 is 20.3 Å². The van der Waals surface area contributed by atoms with Crippen molar-refractivity contribution in [1.82, 2.24) is 4.90 Å². The number of nitrogens with zero attached hydrogens (tertiary/aromatic N) is 1. The predicted octanol–water partition coefficient (Wildman–Crippen LogP) is 0.584. The molecule has 1 unspecified atom stereocenters. The van der Waals surface area contributed by atoms with Gasteiger partial charge in [-0.05, 0) is 31.4 Å². The highest BCUT2D eigenvalue weighted by atomic mass is 16.5. The number of carbonyl (C=O) groups excluding carboxylic acids is 3. The summed E-state index contributed by atoms with van der Waals surface area (Å²) >= 11 is 0. The van der Waals surface area contributed by atoms with Crippen LogP contribution in [0.3, 0.4) is 0 Å². The van der Waals surface area contributed by atoms with Crippen LogP contribution in [0.2, 0.25) is 5.82 Å². The summed E-state index contributed by atoms with van der Waals surface area (Å²) in [5, 5.41) is 10.3. The fourth-order valence-corrected chi connectivity index (χ4v) is 3.57. The molecule has 0 aliphatic carbocycles. The molecule has 0 spiro atoms. The zero-order valence-electron chi connectivity index (χ0n) is 14.8. The minimum absolute atomic E-state index is 0.0368. The third-order valence-electron chi connectivity index (χ3n) is 5.02. The van der Waals surface area contributed by atoms with Crippen LogP contribution in [-0.2, 0) is 16.0 Å². The Balaban J connectivity index is 1.64. The smallest absolute Gasteiger partial charge is 0.526 e. The zero-order chi connectivity index (χ0) is 18.8. The number of nitrogens with two attached hydrogens (primary N) is 1. The average Bonchev–Trinajstić information content (AvgIpc) is 2.57. The summed E-state index contributed by atoms with van der Waals surface area (Å²) in [7, 11) is -1.16. The van der Waals surface area contributed by atoms with Gasteiger partial charge >= 0.3 is 7.12 Å². The highest BCUT2D eigenvalue weighted by Gasteiger charge is 2.38. The van der Waals surface area contributed by atoms with Crippen LogP contribution in [-0.4, -0.2) is 53.6 Å². The van der Waals surface area contributed by atoms with Gasteiger partial charge in [-0.25, -0.2) is 0 Å². The van der Waals surface area contributed by atoms with Gasteiger partial charge in [-0.1, -0.05) is 12.1 Å². The molecule has 0 aromatic heterocycles. The van der Waals surface area contributed by atoms with Crippen molar-refractivity contribution in [2.24, 2.45) is 5.73 Å². The van der Waals surface area contributed by atoms with Gasteiger partial charge in [0.2, 0.25) is 5.91 Å². The van der Waals surface area contributed by atoms with E-state index in [0.29, 0.717) is 30.7 Å². The number of hydrogen-bond acceptors (Lipinski definition) is 6. The standard InChI is InChI=1S/C18H23BN2O5/c1-11(22)16-4-2-3-12-7-13(19(25)26-18(12)16)8-15(23)10-21-6-5-14(20)9-17(21)24/h2-4,13-14,25H,5-10,20H2,1H3/t13-,14?/m1/s1. The van der Waals surface area contributed by atoms with Gasteiger partial charge in [-0.3, -0.25) is 14.4 Å². The number of Topliss-reactive ketones (excluding diaryl/α,β-unsaturated/α-hetero) is 2. The molecule has 0 radical (unpaired) electrons. The maximum Gasteiger partial charge on any atom is 0.526 e. The molecule has 2 atom stereocenters. The lowest BCUT2D eigenvalue weighted by molar-refractivity contribution is -0.137. The van der Waals surface area contributed by atoms with Gasteiger partial charge in [0, 0.05) is 31.2 Å². The molecule has 2 aliphatic rings. The van der Waals surface area contributed by atoms with E-state index in [1.807, 2.05) is 6.07 Å². The molecule has 2 heterocycles. The maximum absolute atomic E-state index is 12.4. The van der Waals surface area contributed by atoms with Crippen molar-refractivity contribution in [2.75, 3.05) is 13.1 Å². The molecule has 1 saturated heterocycles. The lowest BCUT2D eigenvalue weighted by atomic mass is 9.64. The molecule has 1 fully saturated rings. The Labute approximate surface area is 152 Å². The summed E-state index contributed by atoms with van der Waals surface area (Å²) in [6.45, 7) is 1.97. The minimum atomic E-state index is -1.16. The zero-order valence-corrected chi connectivity index (χ0v) is 14.8. The number of hydrogen-bond donors (Lipinski definition) is 2. The van der Waals surface area contributed by atoms with E-state index in [-0.39, 0.29) is 42.9 Å². The Morgan fingerprint density at radius 2 is 2.15 bits per heavy atom. The number of likely N-dealkylation sites (tertiary alicyclic amines) is 1. The number of ketones is 2. The lowest BCUT2D eigenvalue weighted by Gasteiger charge is -2.31. The molecule has 3 rings (SSSR count). The fourth-order valence-electron chi connectivity index (χ4n) is 3.57. The Bertz CT molecular complexity index is 738. The summed E-state index contributed by atoms with van der Waals surface area (Å²) < 4.78 is 5.55. The van der Waals surface area contributed by atoms with Crippen LogP contribution in [0.15, 0.2) is 18.2 Å². The number of benzene rings is 1. The number of amides is 1. The molecule has 0 saturated carbocycles. The Morgan fingerprint density at radius 1 is 1.38 bits per heavy atom. The van der Waals surface area contributed by atoms with Gasteiger partial charge in [-0.15, -0.1) is 0 Å². The molecule has 138 valence electrons. The normalized spacial score (nSPS) is 22.7. The van der Waals surface area contributed by atoms with Crippen molar-refractivity contribution < 1.29 is 24.1 Å². The Morgan fingerprint density at radius 3 is 2.85 bits per heavy atom. The monoisotopic (exact) mass is 358 g/mol. The predicted molar refractivity (Wildman–Crippen MR) is 95.9 cm³/mol. The highest BCUT2D eigenvalue weighted by Crippen LogP contribution is 2.36. The molecule has 1 amide bonds. The summed E-state index contributed by atoms with van der Waals surface area (Å²) in [5.41, 5.74) is 7.00. The second-order valence-electron chi connectivity index (χ2n) is 7.13. The molecule has 0 bridgehead atoms. The molecule has 2 aliphatic heterocycles. The van der Waals surface area contributed by atoms with E-state index in [2.05, 4.69) is 0 Å². The largest absolute Gasteiger partial charge is 0.535 e. The topological polar surface area (TPSA) is 110 Å². The van der Waals surface area contributed by atoms with E-state index < -0.39 is 12.9 Å². The Kier molecular flexibility index (Phi) is 5.43. The van der Waals surface area contributed by atoms with Crippen molar-refractivity contribution >= 4 is 24.6 Å². The van der Waals surface area contributed by atoms with Crippen LogP contribution in [0.4, 0.5) is 0 Å². The van der Waals surface area contributed by atoms with Crippen LogP contribution in [0.1, 0.15) is 42.1 Å². The highest BCUT2D eigenvalue weighted by molar-refractivity contribution is 6.47. The molecule has 3 N–H and O–H groups in total. The Hall–Kier alpha value is -2.19. The fraction of sp³-hybridized carbons (Fsp3) is 0.500. The third-order valence-corrected chi connectivity index (χ3v) is 5.02. The van der Waals surface area contributed by atoms with E-state index in [1.54, 1.807) is 12.1 Å². The lowest BCUT2D eigenvalue weighted by Crippen LogP contribution is -2.46. The number of para-hydroxylation sites is 1. The second kappa shape index (κ2) is 7.59. The van der Waals surface area contributed by atoms with E-state index >= 15 is 0 Å². The van der Waals surface area contributed by atoms with Crippen molar-refractivity contribution in [2.45, 2.75) is 44.5 Å². The first-order valence-electron chi connectivity index (χ1n) is 8.87. The molecule has 1 aromatic carbocycles. The molecular weight excluding hydrogens is 335 g/mol. The first-order chi connectivity index (χ1) is 12.3. The van der Waals surface area contributed by atoms with Crippen LogP contribution < -0.4 is 10.4 Å². The van der Waals surface area contributed by atoms with Crippen molar-refractivity contribution in [3.63, 3.8) is 0 Å². The molecule has 8 heteroatoms. The molecule has 26 heavy (non-hydrogen) atoms. The van der Waals surface area contributed by atoms with Gasteiger partial charge in [-0.2, -0.15) is 0 Å². The van der Waals surface area contributed by atoms with Crippen LogP contribution >= 0.6 is 0 Å². The van der Waals surface area contributed by atoms with Crippen LogP contribution in [0, 0.1) is 0 Å². The first kappa shape index (κ1) is 18.6. The van der Waals surface area contributed by atoms with Gasteiger partial charge in [0.05, 0.1) is 12.1 Å². The average molecular weight is 358 g/mol. The summed E-state index contributed by atoms with van der Waals surface area (Å²) in [5.74, 6) is -0.359. The van der Waals surface area contributed by atoms with Gasteiger partial charge in [0.25, 0.3) is 0 Å². The number of carbonyl (C=O) groups is 3. The van der Waals surface area contributed by atoms with Crippen molar-refractivity contribution in [3.05, 3.63) is 29.3 Å². The van der Waals surface area contributed by atoms with Gasteiger partial charge in [0.15, 0.2) is 11.6 Å². The molecule has 7 nitrogen and oxygen atoms in total. The SMILES string of the molecule is CC(=O)c1cccc2c1OB(O)[C@@H](CC(=O)CN1CCC(N)CC1=O)C2. The van der Waals surface area contributed by atoms with Gasteiger partial charge in [0.1, 0.15) is 5.75 Å². The third kappa shape index (κ3) is 3.97. The van der Waals surface area contributed by atoms with Crippen molar-refractivity contribution in [3.8, 4) is 5.75 Å². The second-order valence-corrected chi connectivity index (χ2v) is 7.13. The number of rotatable bonds is 5. The molecular formula is C18H23BN2O5. The van der Waals surface area contributed by atoms with E-state index in [1.165, 1.54) is 11.8 Å². The first-order valence-corrected chi connectivity index (χ1v) is 8.87. The minimum Gasteiger partial charge on any atom is -0.535 e. The van der Waals surface area contributed by atoms with E-state index in [9.17, 15) is 19.4 Å². The maximum atomic E-state index is 12.4. The summed E-state index contributed by atoms with van der Waals surface area (Å²) in [6, 6.07) is 5.13. The molecule has 1 aromatic rings. The van der Waals surface area contributed by atoms with Crippen LogP contribution in [0.25, 0.3) is 0 Å². The van der Waals surface area contributed by atoms with E-state index in [0.717, 1.165) is 5.56 Å². The quantitative estimate of drug-likeness (QED) is 0.589. The summed E-state index contributed by atoms with van der Waals surface area (Å²) in [6.07, 6.45) is 1.52.